The van der Waals surface area contributed by atoms with Gasteiger partial charge in [-0.15, -0.1) is 0 Å². The molecule has 0 aliphatic heterocycles. The van der Waals surface area contributed by atoms with Crippen molar-refractivity contribution in [2.45, 2.75) is 6.42 Å². The van der Waals surface area contributed by atoms with Crippen molar-refractivity contribution in [3.8, 4) is 0 Å². The third-order valence-corrected chi connectivity index (χ3v) is 2.69. The number of nitrogens with zero attached hydrogens (tertiary/aromatic N) is 2. The average Bonchev–Trinajstić information content (AvgIpc) is 2.27. The van der Waals surface area contributed by atoms with Crippen LogP contribution >= 0.6 is 0 Å². The second-order valence-corrected chi connectivity index (χ2v) is 4.43. The number of hydrogen-bond acceptors (Lipinski definition) is 3. The molecular formula is C13H23N3. The Kier molecular flexibility index (Phi) is 5.29. The molecule has 0 atom stereocenters. The summed E-state index contributed by atoms with van der Waals surface area (Å²) in [7, 11) is 6.32. The van der Waals surface area contributed by atoms with Gasteiger partial charge in [-0.3, -0.25) is 0 Å². The molecule has 3 heteroatoms. The molecule has 1 aromatic carbocycles. The molecule has 0 aromatic heterocycles. The molecule has 90 valence electrons. The Labute approximate surface area is 98.8 Å². The molecule has 1 rings (SSSR count). The monoisotopic (exact) mass is 221 g/mol. The van der Waals surface area contributed by atoms with Crippen LogP contribution in [0, 0.1) is 0 Å². The SMILES string of the molecule is CN(C)CCN(C)c1ccc(CCN)cc1. The number of hydrogen-bond donors (Lipinski definition) is 1. The molecular weight excluding hydrogens is 198 g/mol. The zero-order chi connectivity index (χ0) is 12.0. The summed E-state index contributed by atoms with van der Waals surface area (Å²) < 4.78 is 0. The highest BCUT2D eigenvalue weighted by Gasteiger charge is 2.01. The van der Waals surface area contributed by atoms with Gasteiger partial charge in [-0.05, 0) is 44.8 Å². The van der Waals surface area contributed by atoms with Gasteiger partial charge in [0.15, 0.2) is 0 Å². The molecule has 0 fully saturated rings. The third-order valence-electron chi connectivity index (χ3n) is 2.69. The van der Waals surface area contributed by atoms with E-state index in [0.717, 1.165) is 26.1 Å². The number of anilines is 1. The first-order valence-electron chi connectivity index (χ1n) is 5.78. The van der Waals surface area contributed by atoms with E-state index in [1.807, 2.05) is 0 Å². The van der Waals surface area contributed by atoms with Gasteiger partial charge in [0.05, 0.1) is 0 Å². The van der Waals surface area contributed by atoms with Crippen LogP contribution in [-0.4, -0.2) is 45.7 Å². The highest BCUT2D eigenvalue weighted by atomic mass is 15.1. The Hall–Kier alpha value is -1.06. The van der Waals surface area contributed by atoms with Crippen LogP contribution in [0.4, 0.5) is 5.69 Å². The summed E-state index contributed by atoms with van der Waals surface area (Å²) in [5.74, 6) is 0. The van der Waals surface area contributed by atoms with Gasteiger partial charge < -0.3 is 15.5 Å². The van der Waals surface area contributed by atoms with Gasteiger partial charge in [-0.2, -0.15) is 0 Å². The number of benzene rings is 1. The first-order valence-corrected chi connectivity index (χ1v) is 5.78. The van der Waals surface area contributed by atoms with E-state index in [9.17, 15) is 0 Å². The van der Waals surface area contributed by atoms with Crippen molar-refractivity contribution < 1.29 is 0 Å². The standard InChI is InChI=1S/C13H23N3/c1-15(2)10-11-16(3)13-6-4-12(5-7-13)8-9-14/h4-7H,8-11,14H2,1-3H3. The lowest BCUT2D eigenvalue weighted by atomic mass is 10.1. The van der Waals surface area contributed by atoms with Gasteiger partial charge in [-0.1, -0.05) is 12.1 Å². The smallest absolute Gasteiger partial charge is 0.0364 e. The molecule has 0 bridgehead atoms. The molecule has 2 N–H and O–H groups in total. The fourth-order valence-corrected chi connectivity index (χ4v) is 1.56. The molecule has 0 saturated carbocycles. The van der Waals surface area contributed by atoms with Crippen molar-refractivity contribution in [2.75, 3.05) is 45.7 Å². The van der Waals surface area contributed by atoms with E-state index < -0.39 is 0 Å². The second kappa shape index (κ2) is 6.51. The van der Waals surface area contributed by atoms with Crippen molar-refractivity contribution in [3.63, 3.8) is 0 Å². The van der Waals surface area contributed by atoms with Crippen LogP contribution in [0.15, 0.2) is 24.3 Å². The van der Waals surface area contributed by atoms with Gasteiger partial charge in [0.25, 0.3) is 0 Å². The second-order valence-electron chi connectivity index (χ2n) is 4.43. The van der Waals surface area contributed by atoms with Gasteiger partial charge in [0.2, 0.25) is 0 Å². The average molecular weight is 221 g/mol. The molecule has 1 aromatic rings. The first-order chi connectivity index (χ1) is 7.63. The topological polar surface area (TPSA) is 32.5 Å². The minimum absolute atomic E-state index is 0.718. The zero-order valence-corrected chi connectivity index (χ0v) is 10.6. The number of likely N-dealkylation sites (N-methyl/N-ethyl adjacent to an activating group) is 2. The molecule has 0 spiro atoms. The lowest BCUT2D eigenvalue weighted by molar-refractivity contribution is 0.416. The van der Waals surface area contributed by atoms with E-state index in [0.29, 0.717) is 0 Å². The Morgan fingerprint density at radius 3 is 2.12 bits per heavy atom. The molecule has 3 nitrogen and oxygen atoms in total. The Morgan fingerprint density at radius 1 is 1.00 bits per heavy atom. The Balaban J connectivity index is 2.52. The highest BCUT2D eigenvalue weighted by Crippen LogP contribution is 2.13. The summed E-state index contributed by atoms with van der Waals surface area (Å²) >= 11 is 0. The van der Waals surface area contributed by atoms with Crippen molar-refractivity contribution in [1.82, 2.24) is 4.90 Å². The van der Waals surface area contributed by atoms with E-state index in [1.165, 1.54) is 11.3 Å². The van der Waals surface area contributed by atoms with E-state index >= 15 is 0 Å². The number of nitrogens with two attached hydrogens (primary N) is 1. The predicted molar refractivity (Wildman–Crippen MR) is 71.0 cm³/mol. The first kappa shape index (κ1) is 13.0. The summed E-state index contributed by atoms with van der Waals surface area (Å²) in [5, 5.41) is 0. The van der Waals surface area contributed by atoms with Crippen LogP contribution in [0.2, 0.25) is 0 Å². The third kappa shape index (κ3) is 4.21. The summed E-state index contributed by atoms with van der Waals surface area (Å²) in [6.45, 7) is 2.83. The van der Waals surface area contributed by atoms with Gasteiger partial charge in [0.1, 0.15) is 0 Å². The van der Waals surface area contributed by atoms with E-state index in [2.05, 4.69) is 55.2 Å². The Morgan fingerprint density at radius 2 is 1.62 bits per heavy atom. The van der Waals surface area contributed by atoms with Crippen LogP contribution < -0.4 is 10.6 Å². The van der Waals surface area contributed by atoms with Crippen molar-refractivity contribution in [2.24, 2.45) is 5.73 Å². The van der Waals surface area contributed by atoms with Crippen molar-refractivity contribution >= 4 is 5.69 Å². The van der Waals surface area contributed by atoms with Gasteiger partial charge in [-0.25, -0.2) is 0 Å². The fourth-order valence-electron chi connectivity index (χ4n) is 1.56. The zero-order valence-electron chi connectivity index (χ0n) is 10.6. The quantitative estimate of drug-likeness (QED) is 0.783. The summed E-state index contributed by atoms with van der Waals surface area (Å²) in [6.07, 6.45) is 0.960. The van der Waals surface area contributed by atoms with Crippen LogP contribution in [0.25, 0.3) is 0 Å². The lowest BCUT2D eigenvalue weighted by Gasteiger charge is -2.21. The molecule has 0 aliphatic rings. The Bertz CT molecular complexity index is 293. The minimum atomic E-state index is 0.718. The molecule has 0 radical (unpaired) electrons. The van der Waals surface area contributed by atoms with Crippen LogP contribution in [0.5, 0.6) is 0 Å². The van der Waals surface area contributed by atoms with Crippen LogP contribution in [-0.2, 0) is 6.42 Å². The van der Waals surface area contributed by atoms with E-state index in [-0.39, 0.29) is 0 Å². The maximum Gasteiger partial charge on any atom is 0.0364 e. The van der Waals surface area contributed by atoms with Crippen molar-refractivity contribution in [3.05, 3.63) is 29.8 Å². The molecule has 0 unspecified atom stereocenters. The lowest BCUT2D eigenvalue weighted by Crippen LogP contribution is -2.28. The molecule has 0 aliphatic carbocycles. The minimum Gasteiger partial charge on any atom is -0.373 e. The maximum atomic E-state index is 5.52. The summed E-state index contributed by atoms with van der Waals surface area (Å²) in [6, 6.07) is 8.66. The highest BCUT2D eigenvalue weighted by molar-refractivity contribution is 5.46. The summed E-state index contributed by atoms with van der Waals surface area (Å²) in [5.41, 5.74) is 8.10. The number of rotatable bonds is 6. The van der Waals surface area contributed by atoms with E-state index in [1.54, 1.807) is 0 Å². The van der Waals surface area contributed by atoms with Gasteiger partial charge in [0, 0.05) is 25.8 Å². The van der Waals surface area contributed by atoms with E-state index in [4.69, 9.17) is 5.73 Å². The van der Waals surface area contributed by atoms with Crippen LogP contribution in [0.1, 0.15) is 5.56 Å². The predicted octanol–water partition coefficient (Wildman–Crippen LogP) is 1.19. The molecule has 16 heavy (non-hydrogen) atoms. The molecule has 0 amide bonds. The molecule has 0 heterocycles. The molecule has 0 saturated heterocycles. The normalized spacial score (nSPS) is 10.8. The maximum absolute atomic E-state index is 5.52. The van der Waals surface area contributed by atoms with Gasteiger partial charge >= 0.3 is 0 Å². The fraction of sp³-hybridized carbons (Fsp3) is 0.538. The summed E-state index contributed by atoms with van der Waals surface area (Å²) in [4.78, 5) is 4.46. The largest absolute Gasteiger partial charge is 0.373 e. The van der Waals surface area contributed by atoms with Crippen molar-refractivity contribution in [1.29, 1.82) is 0 Å². The van der Waals surface area contributed by atoms with Crippen LogP contribution in [0.3, 0.4) is 0 Å².